The smallest absolute Gasteiger partial charge is 0.259 e. The summed E-state index contributed by atoms with van der Waals surface area (Å²) in [5.41, 5.74) is 1.12. The molecule has 3 rings (SSSR count). The second-order valence-corrected chi connectivity index (χ2v) is 5.90. The first-order valence-electron chi connectivity index (χ1n) is 6.40. The van der Waals surface area contributed by atoms with Crippen LogP contribution in [0, 0.1) is 0 Å². The number of fused-ring (bicyclic) bond motifs is 1. The lowest BCUT2D eigenvalue weighted by molar-refractivity contribution is 0.472. The molecule has 0 radical (unpaired) electrons. The van der Waals surface area contributed by atoms with Gasteiger partial charge in [0.15, 0.2) is 5.82 Å². The third kappa shape index (κ3) is 2.91. The second-order valence-electron chi connectivity index (χ2n) is 4.63. The van der Waals surface area contributed by atoms with Gasteiger partial charge in [0.2, 0.25) is 0 Å². The third-order valence-corrected chi connectivity index (χ3v) is 4.03. The van der Waals surface area contributed by atoms with Gasteiger partial charge in [-0.15, -0.1) is 0 Å². The van der Waals surface area contributed by atoms with Gasteiger partial charge in [0.05, 0.1) is 20.4 Å². The number of phenolic OH excluding ortho intramolecular Hbond substituents is 1. The molecule has 110 valence electrons. The first-order chi connectivity index (χ1) is 10.5. The summed E-state index contributed by atoms with van der Waals surface area (Å²) in [6.45, 7) is 0. The summed E-state index contributed by atoms with van der Waals surface area (Å²) in [4.78, 5) is 19.1. The molecule has 0 fully saturated rings. The van der Waals surface area contributed by atoms with Crippen LogP contribution in [0.25, 0.3) is 22.0 Å². The van der Waals surface area contributed by atoms with E-state index in [1.165, 1.54) is 0 Å². The average molecular weight is 378 g/mol. The van der Waals surface area contributed by atoms with Gasteiger partial charge in [-0.05, 0) is 51.8 Å². The molecule has 0 bridgehead atoms. The summed E-state index contributed by atoms with van der Waals surface area (Å²) in [7, 11) is 0. The van der Waals surface area contributed by atoms with Gasteiger partial charge >= 0.3 is 0 Å². The minimum Gasteiger partial charge on any atom is -0.507 e. The standard InChI is InChI=1S/C16H10BrClN2O2/c17-11-7-9(5-6-14(11)21)8-12(18)15-19-13-4-2-1-3-10(13)16(22)20-15/h1-8,21H,(H,19,20,22)/b12-8-. The van der Waals surface area contributed by atoms with E-state index in [4.69, 9.17) is 11.6 Å². The van der Waals surface area contributed by atoms with E-state index in [1.807, 2.05) is 6.07 Å². The summed E-state index contributed by atoms with van der Waals surface area (Å²) in [6.07, 6.45) is 1.67. The molecule has 0 unspecified atom stereocenters. The van der Waals surface area contributed by atoms with E-state index in [0.29, 0.717) is 26.2 Å². The van der Waals surface area contributed by atoms with Crippen molar-refractivity contribution in [2.45, 2.75) is 0 Å². The molecule has 1 aromatic heterocycles. The van der Waals surface area contributed by atoms with Crippen LogP contribution in [0.2, 0.25) is 0 Å². The lowest BCUT2D eigenvalue weighted by Crippen LogP contribution is -2.10. The van der Waals surface area contributed by atoms with Gasteiger partial charge in [-0.3, -0.25) is 4.79 Å². The number of hydrogen-bond donors (Lipinski definition) is 2. The molecule has 0 saturated heterocycles. The van der Waals surface area contributed by atoms with E-state index < -0.39 is 0 Å². The number of halogens is 2. The van der Waals surface area contributed by atoms with E-state index in [2.05, 4.69) is 25.9 Å². The predicted octanol–water partition coefficient (Wildman–Crippen LogP) is 4.13. The number of benzene rings is 2. The number of rotatable bonds is 2. The quantitative estimate of drug-likeness (QED) is 0.706. The first kappa shape index (κ1) is 14.8. The largest absolute Gasteiger partial charge is 0.507 e. The van der Waals surface area contributed by atoms with E-state index in [-0.39, 0.29) is 11.3 Å². The SMILES string of the molecule is O=c1[nH]c(/C(Cl)=C/c2ccc(O)c(Br)c2)nc2ccccc12. The Morgan fingerprint density at radius 3 is 2.82 bits per heavy atom. The molecule has 0 saturated carbocycles. The maximum absolute atomic E-state index is 12.0. The van der Waals surface area contributed by atoms with Crippen molar-refractivity contribution in [3.8, 4) is 5.75 Å². The number of phenols is 1. The molecule has 3 aromatic rings. The number of H-pyrrole nitrogens is 1. The van der Waals surface area contributed by atoms with Crippen LogP contribution in [0.15, 0.2) is 51.7 Å². The zero-order valence-electron chi connectivity index (χ0n) is 11.2. The predicted molar refractivity (Wildman–Crippen MR) is 91.9 cm³/mol. The summed E-state index contributed by atoms with van der Waals surface area (Å²) >= 11 is 9.50. The Hall–Kier alpha value is -2.11. The van der Waals surface area contributed by atoms with Crippen LogP contribution in [-0.2, 0) is 0 Å². The van der Waals surface area contributed by atoms with Crippen LogP contribution < -0.4 is 5.56 Å². The number of hydrogen-bond acceptors (Lipinski definition) is 3. The van der Waals surface area contributed by atoms with Crippen molar-refractivity contribution in [2.24, 2.45) is 0 Å². The summed E-state index contributed by atoms with van der Waals surface area (Å²) in [5, 5.41) is 10.3. The molecule has 0 aliphatic carbocycles. The van der Waals surface area contributed by atoms with Gasteiger partial charge in [0, 0.05) is 0 Å². The molecule has 1 heterocycles. The number of aromatic nitrogens is 2. The molecular formula is C16H10BrClN2O2. The van der Waals surface area contributed by atoms with E-state index in [1.54, 1.807) is 42.5 Å². The minimum atomic E-state index is -0.237. The highest BCUT2D eigenvalue weighted by Crippen LogP contribution is 2.27. The fourth-order valence-corrected chi connectivity index (χ4v) is 2.64. The Bertz CT molecular complexity index is 950. The van der Waals surface area contributed by atoms with Crippen LogP contribution in [0.3, 0.4) is 0 Å². The van der Waals surface area contributed by atoms with Crippen molar-refractivity contribution in [1.82, 2.24) is 9.97 Å². The van der Waals surface area contributed by atoms with Gasteiger partial charge in [-0.1, -0.05) is 29.8 Å². The Morgan fingerprint density at radius 1 is 1.27 bits per heavy atom. The van der Waals surface area contributed by atoms with Crippen molar-refractivity contribution >= 4 is 49.5 Å². The maximum atomic E-state index is 12.0. The normalized spacial score (nSPS) is 11.8. The highest BCUT2D eigenvalue weighted by atomic mass is 79.9. The van der Waals surface area contributed by atoms with Crippen LogP contribution in [0.1, 0.15) is 11.4 Å². The van der Waals surface area contributed by atoms with Gasteiger partial charge in [-0.2, -0.15) is 0 Å². The van der Waals surface area contributed by atoms with Crippen LogP contribution in [-0.4, -0.2) is 15.1 Å². The Labute approximate surface area is 139 Å². The van der Waals surface area contributed by atoms with Crippen molar-refractivity contribution in [1.29, 1.82) is 0 Å². The molecular weight excluding hydrogens is 368 g/mol. The molecule has 0 amide bonds. The second kappa shape index (κ2) is 5.94. The number of para-hydroxylation sites is 1. The zero-order chi connectivity index (χ0) is 15.7. The highest BCUT2D eigenvalue weighted by Gasteiger charge is 2.07. The minimum absolute atomic E-state index is 0.144. The third-order valence-electron chi connectivity index (χ3n) is 3.10. The van der Waals surface area contributed by atoms with E-state index >= 15 is 0 Å². The summed E-state index contributed by atoms with van der Waals surface area (Å²) < 4.78 is 0.561. The molecule has 0 aliphatic rings. The monoisotopic (exact) mass is 376 g/mol. The van der Waals surface area contributed by atoms with Crippen molar-refractivity contribution in [2.75, 3.05) is 0 Å². The number of nitrogens with zero attached hydrogens (tertiary/aromatic N) is 1. The Kier molecular flexibility index (Phi) is 4.00. The molecule has 0 atom stereocenters. The lowest BCUT2D eigenvalue weighted by Gasteiger charge is -2.03. The average Bonchev–Trinajstić information content (AvgIpc) is 2.51. The van der Waals surface area contributed by atoms with Crippen LogP contribution >= 0.6 is 27.5 Å². The molecule has 2 N–H and O–H groups in total. The van der Waals surface area contributed by atoms with E-state index in [0.717, 1.165) is 5.56 Å². The van der Waals surface area contributed by atoms with Gasteiger partial charge in [0.1, 0.15) is 5.75 Å². The van der Waals surface area contributed by atoms with Crippen molar-refractivity contribution < 1.29 is 5.11 Å². The van der Waals surface area contributed by atoms with Crippen LogP contribution in [0.4, 0.5) is 0 Å². The molecule has 0 spiro atoms. The molecule has 6 heteroatoms. The van der Waals surface area contributed by atoms with Gasteiger partial charge in [-0.25, -0.2) is 4.98 Å². The number of aromatic hydroxyl groups is 1. The topological polar surface area (TPSA) is 66.0 Å². The summed E-state index contributed by atoms with van der Waals surface area (Å²) in [5.74, 6) is 0.445. The molecule has 4 nitrogen and oxygen atoms in total. The molecule has 0 aliphatic heterocycles. The lowest BCUT2D eigenvalue weighted by atomic mass is 10.2. The Morgan fingerprint density at radius 2 is 2.05 bits per heavy atom. The first-order valence-corrected chi connectivity index (χ1v) is 7.57. The van der Waals surface area contributed by atoms with Crippen LogP contribution in [0.5, 0.6) is 5.75 Å². The highest BCUT2D eigenvalue weighted by molar-refractivity contribution is 9.10. The fourth-order valence-electron chi connectivity index (χ4n) is 2.03. The molecule has 2 aromatic carbocycles. The van der Waals surface area contributed by atoms with E-state index in [9.17, 15) is 9.90 Å². The van der Waals surface area contributed by atoms with Gasteiger partial charge in [0.25, 0.3) is 5.56 Å². The molecule has 22 heavy (non-hydrogen) atoms. The number of nitrogens with one attached hydrogen (secondary N) is 1. The number of aromatic amines is 1. The van der Waals surface area contributed by atoms with Gasteiger partial charge < -0.3 is 10.1 Å². The maximum Gasteiger partial charge on any atom is 0.259 e. The zero-order valence-corrected chi connectivity index (χ0v) is 13.5. The fraction of sp³-hybridized carbons (Fsp3) is 0. The Balaban J connectivity index is 2.08. The summed E-state index contributed by atoms with van der Waals surface area (Å²) in [6, 6.07) is 12.0. The van der Waals surface area contributed by atoms with Crippen molar-refractivity contribution in [3.05, 3.63) is 68.7 Å². The van der Waals surface area contributed by atoms with Crippen molar-refractivity contribution in [3.63, 3.8) is 0 Å².